The second-order valence-electron chi connectivity index (χ2n) is 5.08. The van der Waals surface area contributed by atoms with Crippen molar-refractivity contribution in [1.82, 2.24) is 5.32 Å². The molecule has 1 amide bonds. The molecule has 3 nitrogen and oxygen atoms in total. The molecule has 1 aliphatic rings. The lowest BCUT2D eigenvalue weighted by atomic mass is 10.0. The Balaban J connectivity index is 1.66. The first-order chi connectivity index (χ1) is 9.83. The normalized spacial score (nSPS) is 16.2. The van der Waals surface area contributed by atoms with E-state index in [1.807, 2.05) is 24.3 Å². The minimum Gasteiger partial charge on any atom is -0.465 e. The number of hydrogen-bond acceptors (Lipinski definition) is 2. The number of carbonyl (C=O) groups excluding carboxylic acids is 1. The fraction of sp³-hybridized carbons (Fsp3) is 0.235. The summed E-state index contributed by atoms with van der Waals surface area (Å²) in [4.78, 5) is 12.0. The molecule has 0 spiro atoms. The van der Waals surface area contributed by atoms with E-state index in [4.69, 9.17) is 4.42 Å². The van der Waals surface area contributed by atoms with Crippen molar-refractivity contribution in [1.29, 1.82) is 0 Å². The summed E-state index contributed by atoms with van der Waals surface area (Å²) >= 11 is 0. The molecule has 0 saturated heterocycles. The van der Waals surface area contributed by atoms with Gasteiger partial charge in [-0.05, 0) is 42.5 Å². The molecule has 20 heavy (non-hydrogen) atoms. The van der Waals surface area contributed by atoms with E-state index in [2.05, 4.69) is 17.4 Å². The van der Waals surface area contributed by atoms with Crippen LogP contribution in [0.5, 0.6) is 0 Å². The molecular formula is C17H17NO2. The third kappa shape index (κ3) is 3.18. The quantitative estimate of drug-likeness (QED) is 0.842. The number of amides is 1. The number of hydrogen-bond donors (Lipinski definition) is 1. The Morgan fingerprint density at radius 2 is 2.00 bits per heavy atom. The number of nitrogens with one attached hydrogen (secondary N) is 1. The van der Waals surface area contributed by atoms with Crippen molar-refractivity contribution in [2.45, 2.75) is 18.9 Å². The molecule has 1 N–H and O–H groups in total. The van der Waals surface area contributed by atoms with Crippen LogP contribution in [0, 0.1) is 5.92 Å². The van der Waals surface area contributed by atoms with Gasteiger partial charge in [0.1, 0.15) is 5.76 Å². The van der Waals surface area contributed by atoms with Crippen molar-refractivity contribution < 1.29 is 9.21 Å². The third-order valence-electron chi connectivity index (χ3n) is 3.49. The van der Waals surface area contributed by atoms with Crippen LogP contribution < -0.4 is 5.32 Å². The van der Waals surface area contributed by atoms with Gasteiger partial charge in [-0.2, -0.15) is 0 Å². The molecule has 1 unspecified atom stereocenters. The lowest BCUT2D eigenvalue weighted by molar-refractivity contribution is -0.117. The summed E-state index contributed by atoms with van der Waals surface area (Å²) in [5.41, 5.74) is 1.18. The highest BCUT2D eigenvalue weighted by Crippen LogP contribution is 2.40. The molecule has 1 aliphatic carbocycles. The van der Waals surface area contributed by atoms with Gasteiger partial charge in [-0.25, -0.2) is 0 Å². The van der Waals surface area contributed by atoms with Crippen LogP contribution in [0.1, 0.15) is 30.2 Å². The van der Waals surface area contributed by atoms with Crippen LogP contribution in [0.2, 0.25) is 0 Å². The van der Waals surface area contributed by atoms with Crippen LogP contribution >= 0.6 is 0 Å². The smallest absolute Gasteiger partial charge is 0.244 e. The molecule has 1 aromatic heterocycles. The minimum absolute atomic E-state index is 0.0813. The Bertz CT molecular complexity index is 583. The van der Waals surface area contributed by atoms with Gasteiger partial charge in [0.25, 0.3) is 0 Å². The lowest BCUT2D eigenvalue weighted by Gasteiger charge is -2.17. The molecule has 1 aromatic carbocycles. The van der Waals surface area contributed by atoms with Crippen LogP contribution in [-0.2, 0) is 4.79 Å². The van der Waals surface area contributed by atoms with E-state index in [1.54, 1.807) is 18.4 Å². The van der Waals surface area contributed by atoms with E-state index in [0.717, 1.165) is 0 Å². The Morgan fingerprint density at radius 1 is 1.20 bits per heavy atom. The second kappa shape index (κ2) is 5.78. The molecule has 1 saturated carbocycles. The molecule has 102 valence electrons. The van der Waals surface area contributed by atoms with Crippen molar-refractivity contribution in [2.24, 2.45) is 5.92 Å². The highest BCUT2D eigenvalue weighted by molar-refractivity contribution is 5.91. The Morgan fingerprint density at radius 3 is 2.65 bits per heavy atom. The first-order valence-corrected chi connectivity index (χ1v) is 6.90. The fourth-order valence-electron chi connectivity index (χ4n) is 2.31. The summed E-state index contributed by atoms with van der Waals surface area (Å²) in [6.07, 6.45) is 7.17. The summed E-state index contributed by atoms with van der Waals surface area (Å²) in [6.45, 7) is 0. The molecule has 1 heterocycles. The van der Waals surface area contributed by atoms with Crippen molar-refractivity contribution in [2.75, 3.05) is 0 Å². The molecule has 0 aliphatic heterocycles. The SMILES string of the molecule is O=C(/C=C/c1ccco1)NC(c1ccccc1)C1CC1. The van der Waals surface area contributed by atoms with Gasteiger partial charge >= 0.3 is 0 Å². The van der Waals surface area contributed by atoms with Crippen molar-refractivity contribution >= 4 is 12.0 Å². The van der Waals surface area contributed by atoms with E-state index in [-0.39, 0.29) is 11.9 Å². The Hall–Kier alpha value is -2.29. The zero-order valence-electron chi connectivity index (χ0n) is 11.2. The van der Waals surface area contributed by atoms with Gasteiger partial charge in [0.15, 0.2) is 0 Å². The standard InChI is InChI=1S/C17H17NO2/c19-16(11-10-15-7-4-12-20-15)18-17(14-8-9-14)13-5-2-1-3-6-13/h1-7,10-12,14,17H,8-9H2,(H,18,19)/b11-10+. The average Bonchev–Trinajstić information content (AvgIpc) is 3.19. The van der Waals surface area contributed by atoms with Crippen molar-refractivity contribution in [3.63, 3.8) is 0 Å². The predicted octanol–water partition coefficient (Wildman–Crippen LogP) is 3.56. The summed E-state index contributed by atoms with van der Waals surface area (Å²) in [5.74, 6) is 1.17. The maximum atomic E-state index is 12.0. The van der Waals surface area contributed by atoms with E-state index in [1.165, 1.54) is 24.5 Å². The summed E-state index contributed by atoms with van der Waals surface area (Å²) in [5, 5.41) is 3.09. The monoisotopic (exact) mass is 267 g/mol. The van der Waals surface area contributed by atoms with Crippen LogP contribution in [-0.4, -0.2) is 5.91 Å². The second-order valence-corrected chi connectivity index (χ2v) is 5.08. The average molecular weight is 267 g/mol. The molecule has 3 rings (SSSR count). The van der Waals surface area contributed by atoms with Gasteiger partial charge in [-0.3, -0.25) is 4.79 Å². The molecule has 0 bridgehead atoms. The molecule has 3 heteroatoms. The van der Waals surface area contributed by atoms with E-state index >= 15 is 0 Å². The summed E-state index contributed by atoms with van der Waals surface area (Å²) < 4.78 is 5.17. The first-order valence-electron chi connectivity index (χ1n) is 6.90. The predicted molar refractivity (Wildman–Crippen MR) is 77.8 cm³/mol. The molecule has 1 fully saturated rings. The van der Waals surface area contributed by atoms with Gasteiger partial charge in [0.2, 0.25) is 5.91 Å². The van der Waals surface area contributed by atoms with E-state index in [9.17, 15) is 4.79 Å². The van der Waals surface area contributed by atoms with Crippen LogP contribution in [0.3, 0.4) is 0 Å². The molecule has 0 radical (unpaired) electrons. The van der Waals surface area contributed by atoms with Gasteiger partial charge in [-0.1, -0.05) is 30.3 Å². The highest BCUT2D eigenvalue weighted by atomic mass is 16.3. The van der Waals surface area contributed by atoms with Gasteiger partial charge in [0.05, 0.1) is 12.3 Å². The first kappa shape index (κ1) is 12.7. The zero-order chi connectivity index (χ0) is 13.8. The zero-order valence-corrected chi connectivity index (χ0v) is 11.2. The third-order valence-corrected chi connectivity index (χ3v) is 3.49. The Kier molecular flexibility index (Phi) is 3.68. The summed E-state index contributed by atoms with van der Waals surface area (Å²) in [6, 6.07) is 13.9. The van der Waals surface area contributed by atoms with Gasteiger partial charge in [0, 0.05) is 6.08 Å². The lowest BCUT2D eigenvalue weighted by Crippen LogP contribution is -2.28. The Labute approximate surface area is 118 Å². The maximum Gasteiger partial charge on any atom is 0.244 e. The number of rotatable bonds is 5. The van der Waals surface area contributed by atoms with Crippen molar-refractivity contribution in [3.8, 4) is 0 Å². The fourth-order valence-corrected chi connectivity index (χ4v) is 2.31. The number of benzene rings is 1. The maximum absolute atomic E-state index is 12.0. The summed E-state index contributed by atoms with van der Waals surface area (Å²) in [7, 11) is 0. The van der Waals surface area contributed by atoms with E-state index in [0.29, 0.717) is 11.7 Å². The van der Waals surface area contributed by atoms with Crippen LogP contribution in [0.15, 0.2) is 59.2 Å². The molecule has 1 atom stereocenters. The van der Waals surface area contributed by atoms with Crippen LogP contribution in [0.4, 0.5) is 0 Å². The minimum atomic E-state index is -0.0813. The van der Waals surface area contributed by atoms with Crippen molar-refractivity contribution in [3.05, 3.63) is 66.1 Å². The molecular weight excluding hydrogens is 250 g/mol. The van der Waals surface area contributed by atoms with Gasteiger partial charge < -0.3 is 9.73 Å². The number of furan rings is 1. The highest BCUT2D eigenvalue weighted by Gasteiger charge is 2.32. The molecule has 2 aromatic rings. The van der Waals surface area contributed by atoms with Crippen LogP contribution in [0.25, 0.3) is 6.08 Å². The largest absolute Gasteiger partial charge is 0.465 e. The number of carbonyl (C=O) groups is 1. The van der Waals surface area contributed by atoms with E-state index < -0.39 is 0 Å². The topological polar surface area (TPSA) is 42.2 Å². The van der Waals surface area contributed by atoms with Gasteiger partial charge in [-0.15, -0.1) is 0 Å².